The van der Waals surface area contributed by atoms with Crippen molar-refractivity contribution < 1.29 is 9.50 Å². The van der Waals surface area contributed by atoms with Crippen molar-refractivity contribution in [2.45, 2.75) is 18.9 Å². The second-order valence-electron chi connectivity index (χ2n) is 4.17. The smallest absolute Gasteiger partial charge is 0.141 e. The van der Waals surface area contributed by atoms with Crippen molar-refractivity contribution >= 4 is 11.6 Å². The van der Waals surface area contributed by atoms with E-state index in [0.717, 1.165) is 11.1 Å². The van der Waals surface area contributed by atoms with E-state index < -0.39 is 11.9 Å². The summed E-state index contributed by atoms with van der Waals surface area (Å²) >= 11 is 5.69. The van der Waals surface area contributed by atoms with E-state index in [-0.39, 0.29) is 5.02 Å². The van der Waals surface area contributed by atoms with Crippen LogP contribution in [0.25, 0.3) is 0 Å². The standard InChI is InChI=1S/C14H13ClFNO/c15-13-8-10(3-4-14(13)16)6-12(18)7-11-2-1-5-17-9-11/h1-5,8-9,12,18H,6-7H2. The molecule has 0 fully saturated rings. The molecule has 2 rings (SSSR count). The second-order valence-corrected chi connectivity index (χ2v) is 4.58. The maximum Gasteiger partial charge on any atom is 0.141 e. The quantitative estimate of drug-likeness (QED) is 0.922. The molecule has 0 radical (unpaired) electrons. The predicted octanol–water partition coefficient (Wildman–Crippen LogP) is 3.02. The summed E-state index contributed by atoms with van der Waals surface area (Å²) in [5.74, 6) is -0.442. The van der Waals surface area contributed by atoms with Crippen molar-refractivity contribution in [1.82, 2.24) is 4.98 Å². The lowest BCUT2D eigenvalue weighted by Gasteiger charge is -2.10. The van der Waals surface area contributed by atoms with Crippen LogP contribution in [0.2, 0.25) is 5.02 Å². The van der Waals surface area contributed by atoms with E-state index in [1.54, 1.807) is 24.5 Å². The Morgan fingerprint density at radius 2 is 2.00 bits per heavy atom. The topological polar surface area (TPSA) is 33.1 Å². The summed E-state index contributed by atoms with van der Waals surface area (Å²) in [5.41, 5.74) is 1.79. The number of hydrogen-bond acceptors (Lipinski definition) is 2. The van der Waals surface area contributed by atoms with Gasteiger partial charge in [0.1, 0.15) is 5.82 Å². The Hall–Kier alpha value is -1.45. The van der Waals surface area contributed by atoms with Crippen LogP contribution in [-0.4, -0.2) is 16.2 Å². The number of aliphatic hydroxyl groups is 1. The summed E-state index contributed by atoms with van der Waals surface area (Å²) in [6.45, 7) is 0. The van der Waals surface area contributed by atoms with Crippen LogP contribution in [0.1, 0.15) is 11.1 Å². The summed E-state index contributed by atoms with van der Waals surface area (Å²) in [7, 11) is 0. The average Bonchev–Trinajstić information content (AvgIpc) is 2.35. The fraction of sp³-hybridized carbons (Fsp3) is 0.214. The maximum atomic E-state index is 13.0. The molecule has 0 amide bonds. The van der Waals surface area contributed by atoms with Gasteiger partial charge in [-0.25, -0.2) is 4.39 Å². The van der Waals surface area contributed by atoms with Crippen molar-refractivity contribution in [1.29, 1.82) is 0 Å². The summed E-state index contributed by atoms with van der Waals surface area (Å²) in [4.78, 5) is 3.99. The van der Waals surface area contributed by atoms with Gasteiger partial charge in [-0.2, -0.15) is 0 Å². The molecule has 4 heteroatoms. The Morgan fingerprint density at radius 1 is 1.22 bits per heavy atom. The molecule has 0 spiro atoms. The Bertz CT molecular complexity index is 518. The molecule has 1 N–H and O–H groups in total. The van der Waals surface area contributed by atoms with Gasteiger partial charge in [0.05, 0.1) is 11.1 Å². The molecule has 0 aliphatic heterocycles. The summed E-state index contributed by atoms with van der Waals surface area (Å²) in [6.07, 6.45) is 3.84. The molecule has 0 aliphatic carbocycles. The number of aliphatic hydroxyl groups excluding tert-OH is 1. The minimum atomic E-state index is -0.532. The van der Waals surface area contributed by atoms with Gasteiger partial charge in [0.2, 0.25) is 0 Å². The molecule has 0 aliphatic rings. The monoisotopic (exact) mass is 265 g/mol. The summed E-state index contributed by atoms with van der Waals surface area (Å²) in [5, 5.41) is 10.0. The van der Waals surface area contributed by atoms with E-state index in [1.165, 1.54) is 6.07 Å². The van der Waals surface area contributed by atoms with Gasteiger partial charge in [-0.05, 0) is 35.7 Å². The van der Waals surface area contributed by atoms with Gasteiger partial charge in [0.25, 0.3) is 0 Å². The third kappa shape index (κ3) is 3.52. The molecule has 1 atom stereocenters. The molecule has 1 unspecified atom stereocenters. The zero-order chi connectivity index (χ0) is 13.0. The molecule has 94 valence electrons. The van der Waals surface area contributed by atoms with Gasteiger partial charge in [-0.15, -0.1) is 0 Å². The predicted molar refractivity (Wildman–Crippen MR) is 69.1 cm³/mol. The first kappa shape index (κ1) is 13.0. The third-order valence-electron chi connectivity index (χ3n) is 2.65. The van der Waals surface area contributed by atoms with E-state index in [0.29, 0.717) is 12.8 Å². The van der Waals surface area contributed by atoms with Crippen LogP contribution in [0, 0.1) is 5.82 Å². The van der Waals surface area contributed by atoms with Gasteiger partial charge in [-0.3, -0.25) is 4.98 Å². The van der Waals surface area contributed by atoms with Crippen LogP contribution < -0.4 is 0 Å². The fourth-order valence-electron chi connectivity index (χ4n) is 1.80. The molecule has 2 aromatic rings. The van der Waals surface area contributed by atoms with Gasteiger partial charge in [0, 0.05) is 18.8 Å². The Balaban J connectivity index is 1.99. The number of rotatable bonds is 4. The summed E-state index contributed by atoms with van der Waals surface area (Å²) in [6, 6.07) is 8.23. The Labute approximate surface area is 110 Å². The van der Waals surface area contributed by atoms with E-state index in [9.17, 15) is 9.50 Å². The molecular weight excluding hydrogens is 253 g/mol. The first-order valence-electron chi connectivity index (χ1n) is 5.66. The Morgan fingerprint density at radius 3 is 2.67 bits per heavy atom. The highest BCUT2D eigenvalue weighted by Crippen LogP contribution is 2.17. The molecule has 0 saturated carbocycles. The van der Waals surface area contributed by atoms with E-state index >= 15 is 0 Å². The molecule has 0 bridgehead atoms. The van der Waals surface area contributed by atoms with E-state index in [4.69, 9.17) is 11.6 Å². The molecule has 1 heterocycles. The van der Waals surface area contributed by atoms with Crippen molar-refractivity contribution in [3.8, 4) is 0 Å². The molecule has 1 aromatic heterocycles. The Kier molecular flexibility index (Phi) is 4.28. The second kappa shape index (κ2) is 5.94. The highest BCUT2D eigenvalue weighted by Gasteiger charge is 2.08. The third-order valence-corrected chi connectivity index (χ3v) is 2.94. The number of aromatic nitrogens is 1. The van der Waals surface area contributed by atoms with Gasteiger partial charge >= 0.3 is 0 Å². The lowest BCUT2D eigenvalue weighted by Crippen LogP contribution is -2.14. The highest BCUT2D eigenvalue weighted by atomic mass is 35.5. The molecule has 2 nitrogen and oxygen atoms in total. The van der Waals surface area contributed by atoms with Crippen LogP contribution in [0.3, 0.4) is 0 Å². The van der Waals surface area contributed by atoms with E-state index in [1.807, 2.05) is 12.1 Å². The maximum absolute atomic E-state index is 13.0. The number of hydrogen-bond donors (Lipinski definition) is 1. The first-order valence-corrected chi connectivity index (χ1v) is 6.04. The lowest BCUT2D eigenvalue weighted by atomic mass is 10.0. The van der Waals surface area contributed by atoms with Gasteiger partial charge in [0.15, 0.2) is 0 Å². The average molecular weight is 266 g/mol. The van der Waals surface area contributed by atoms with Crippen LogP contribution in [0.4, 0.5) is 4.39 Å². The van der Waals surface area contributed by atoms with Crippen LogP contribution >= 0.6 is 11.6 Å². The van der Waals surface area contributed by atoms with Gasteiger partial charge in [-0.1, -0.05) is 23.7 Å². The minimum absolute atomic E-state index is 0.0843. The largest absolute Gasteiger partial charge is 0.392 e. The van der Waals surface area contributed by atoms with Crippen molar-refractivity contribution in [2.24, 2.45) is 0 Å². The van der Waals surface area contributed by atoms with E-state index in [2.05, 4.69) is 4.98 Å². The first-order chi connectivity index (χ1) is 8.65. The number of halogens is 2. The minimum Gasteiger partial charge on any atom is -0.392 e. The SMILES string of the molecule is OC(Cc1cccnc1)Cc1ccc(F)c(Cl)c1. The molecule has 18 heavy (non-hydrogen) atoms. The number of benzene rings is 1. The normalized spacial score (nSPS) is 12.4. The molecule has 1 aromatic carbocycles. The van der Waals surface area contributed by atoms with Crippen molar-refractivity contribution in [3.63, 3.8) is 0 Å². The number of nitrogens with zero attached hydrogens (tertiary/aromatic N) is 1. The lowest BCUT2D eigenvalue weighted by molar-refractivity contribution is 0.175. The molecular formula is C14H13ClFNO. The van der Waals surface area contributed by atoms with Crippen LogP contribution in [0.15, 0.2) is 42.7 Å². The zero-order valence-corrected chi connectivity index (χ0v) is 10.4. The van der Waals surface area contributed by atoms with Crippen LogP contribution in [-0.2, 0) is 12.8 Å². The highest BCUT2D eigenvalue weighted by molar-refractivity contribution is 6.30. The van der Waals surface area contributed by atoms with Crippen molar-refractivity contribution in [3.05, 3.63) is 64.7 Å². The van der Waals surface area contributed by atoms with Gasteiger partial charge < -0.3 is 5.11 Å². The summed E-state index contributed by atoms with van der Waals surface area (Å²) < 4.78 is 13.0. The number of pyridine rings is 1. The zero-order valence-electron chi connectivity index (χ0n) is 9.68. The van der Waals surface area contributed by atoms with Crippen molar-refractivity contribution in [2.75, 3.05) is 0 Å². The van der Waals surface area contributed by atoms with Crippen LogP contribution in [0.5, 0.6) is 0 Å². The molecule has 0 saturated heterocycles. The fourth-order valence-corrected chi connectivity index (χ4v) is 2.00.